The molecule has 0 aromatic heterocycles. The van der Waals surface area contributed by atoms with Gasteiger partial charge in [0.05, 0.1) is 19.6 Å². The molecule has 1 amide bonds. The second-order valence-corrected chi connectivity index (χ2v) is 7.54. The van der Waals surface area contributed by atoms with Gasteiger partial charge in [0, 0.05) is 37.7 Å². The Morgan fingerprint density at radius 3 is 2.17 bits per heavy atom. The van der Waals surface area contributed by atoms with E-state index < -0.39 is 0 Å². The summed E-state index contributed by atoms with van der Waals surface area (Å²) in [6.45, 7) is 9.17. The average molecular weight is 417 g/mol. The summed E-state index contributed by atoms with van der Waals surface area (Å²) in [7, 11) is 0. The largest absolute Gasteiger partial charge is 0.490 e. The number of carbonyl (C=O) groups is 1. The molecule has 1 saturated heterocycles. The van der Waals surface area contributed by atoms with Crippen molar-refractivity contribution < 1.29 is 14.3 Å². The van der Waals surface area contributed by atoms with Crippen LogP contribution in [0.15, 0.2) is 42.5 Å². The van der Waals surface area contributed by atoms with Gasteiger partial charge in [-0.2, -0.15) is 0 Å². The molecular weight excluding hydrogens is 388 g/mol. The molecule has 0 saturated carbocycles. The fourth-order valence-electron chi connectivity index (χ4n) is 3.50. The molecule has 29 heavy (non-hydrogen) atoms. The molecule has 0 spiro atoms. The van der Waals surface area contributed by atoms with Crippen molar-refractivity contribution in [1.82, 2.24) is 9.80 Å². The molecule has 0 bridgehead atoms. The SMILES string of the molecule is CCOc1ccc(CC(=O)N2CCN(Cc3ccc(Cl)cc3)CC2)cc1OCC. The van der Waals surface area contributed by atoms with Crippen molar-refractivity contribution >= 4 is 17.5 Å². The van der Waals surface area contributed by atoms with Gasteiger partial charge in [-0.1, -0.05) is 29.8 Å². The van der Waals surface area contributed by atoms with Gasteiger partial charge in [-0.3, -0.25) is 9.69 Å². The predicted octanol–water partition coefficient (Wildman–Crippen LogP) is 4.02. The summed E-state index contributed by atoms with van der Waals surface area (Å²) in [4.78, 5) is 17.1. The maximum absolute atomic E-state index is 12.8. The lowest BCUT2D eigenvalue weighted by atomic mass is 10.1. The van der Waals surface area contributed by atoms with Gasteiger partial charge in [0.1, 0.15) is 0 Å². The second kappa shape index (κ2) is 10.5. The quantitative estimate of drug-likeness (QED) is 0.651. The smallest absolute Gasteiger partial charge is 0.227 e. The molecular formula is C23H29ClN2O3. The van der Waals surface area contributed by atoms with Crippen LogP contribution in [0.4, 0.5) is 0 Å². The summed E-state index contributed by atoms with van der Waals surface area (Å²) in [6.07, 6.45) is 0.379. The van der Waals surface area contributed by atoms with Gasteiger partial charge in [-0.05, 0) is 49.2 Å². The number of amides is 1. The van der Waals surface area contributed by atoms with Gasteiger partial charge in [0.25, 0.3) is 0 Å². The zero-order valence-electron chi connectivity index (χ0n) is 17.2. The summed E-state index contributed by atoms with van der Waals surface area (Å²) in [5, 5.41) is 0.756. The molecule has 156 valence electrons. The standard InChI is InChI=1S/C23H29ClN2O3/c1-3-28-21-10-7-19(15-22(21)29-4-2)16-23(27)26-13-11-25(12-14-26)17-18-5-8-20(24)9-6-18/h5-10,15H,3-4,11-14,16-17H2,1-2H3. The van der Waals surface area contributed by atoms with Gasteiger partial charge in [-0.15, -0.1) is 0 Å². The summed E-state index contributed by atoms with van der Waals surface area (Å²) < 4.78 is 11.3. The third kappa shape index (κ3) is 6.12. The van der Waals surface area contributed by atoms with E-state index in [1.807, 2.05) is 49.1 Å². The van der Waals surface area contributed by atoms with E-state index in [4.69, 9.17) is 21.1 Å². The first kappa shape index (κ1) is 21.5. The first-order valence-corrected chi connectivity index (χ1v) is 10.6. The molecule has 1 aliphatic heterocycles. The van der Waals surface area contributed by atoms with E-state index >= 15 is 0 Å². The zero-order valence-corrected chi connectivity index (χ0v) is 18.0. The van der Waals surface area contributed by atoms with Gasteiger partial charge >= 0.3 is 0 Å². The van der Waals surface area contributed by atoms with Crippen LogP contribution < -0.4 is 9.47 Å². The fraction of sp³-hybridized carbons (Fsp3) is 0.435. The number of carbonyl (C=O) groups excluding carboxylic acids is 1. The predicted molar refractivity (Wildman–Crippen MR) is 116 cm³/mol. The summed E-state index contributed by atoms with van der Waals surface area (Å²) in [6, 6.07) is 13.7. The number of benzene rings is 2. The Kier molecular flexibility index (Phi) is 7.78. The first-order valence-electron chi connectivity index (χ1n) is 10.2. The Bertz CT molecular complexity index is 802. The van der Waals surface area contributed by atoms with E-state index in [1.165, 1.54) is 5.56 Å². The molecule has 0 aliphatic carbocycles. The Hall–Kier alpha value is -2.24. The molecule has 1 heterocycles. The zero-order chi connectivity index (χ0) is 20.6. The summed E-state index contributed by atoms with van der Waals surface area (Å²) in [5.74, 6) is 1.58. The molecule has 6 heteroatoms. The highest BCUT2D eigenvalue weighted by molar-refractivity contribution is 6.30. The minimum absolute atomic E-state index is 0.155. The molecule has 2 aromatic carbocycles. The minimum atomic E-state index is 0.155. The lowest BCUT2D eigenvalue weighted by Crippen LogP contribution is -2.48. The van der Waals surface area contributed by atoms with Crippen LogP contribution in [0.5, 0.6) is 11.5 Å². The van der Waals surface area contributed by atoms with E-state index in [2.05, 4.69) is 17.0 Å². The van der Waals surface area contributed by atoms with E-state index in [0.29, 0.717) is 25.4 Å². The average Bonchev–Trinajstić information content (AvgIpc) is 2.72. The number of nitrogens with zero attached hydrogens (tertiary/aromatic N) is 2. The highest BCUT2D eigenvalue weighted by Crippen LogP contribution is 2.29. The van der Waals surface area contributed by atoms with Crippen molar-refractivity contribution in [2.45, 2.75) is 26.8 Å². The Balaban J connectivity index is 1.52. The van der Waals surface area contributed by atoms with Crippen LogP contribution >= 0.6 is 11.6 Å². The number of ether oxygens (including phenoxy) is 2. The number of hydrogen-bond donors (Lipinski definition) is 0. The van der Waals surface area contributed by atoms with E-state index in [0.717, 1.165) is 49.1 Å². The van der Waals surface area contributed by atoms with Crippen LogP contribution in [0.2, 0.25) is 5.02 Å². The van der Waals surface area contributed by atoms with Crippen LogP contribution in [-0.2, 0) is 17.8 Å². The number of hydrogen-bond acceptors (Lipinski definition) is 4. The first-order chi connectivity index (χ1) is 14.1. The van der Waals surface area contributed by atoms with E-state index in [1.54, 1.807) is 0 Å². The highest BCUT2D eigenvalue weighted by atomic mass is 35.5. The molecule has 0 N–H and O–H groups in total. The lowest BCUT2D eigenvalue weighted by Gasteiger charge is -2.35. The second-order valence-electron chi connectivity index (χ2n) is 7.11. The van der Waals surface area contributed by atoms with Crippen LogP contribution in [0.3, 0.4) is 0 Å². The van der Waals surface area contributed by atoms with Crippen molar-refractivity contribution in [2.24, 2.45) is 0 Å². The minimum Gasteiger partial charge on any atom is -0.490 e. The summed E-state index contributed by atoms with van der Waals surface area (Å²) >= 11 is 5.95. The molecule has 1 fully saturated rings. The van der Waals surface area contributed by atoms with Crippen molar-refractivity contribution in [2.75, 3.05) is 39.4 Å². The summed E-state index contributed by atoms with van der Waals surface area (Å²) in [5.41, 5.74) is 2.19. The van der Waals surface area contributed by atoms with Gasteiger partial charge in [0.15, 0.2) is 11.5 Å². The molecule has 0 unspecified atom stereocenters. The molecule has 0 radical (unpaired) electrons. The van der Waals surface area contributed by atoms with Gasteiger partial charge in [0.2, 0.25) is 5.91 Å². The molecule has 1 aliphatic rings. The monoisotopic (exact) mass is 416 g/mol. The topological polar surface area (TPSA) is 42.0 Å². The van der Waals surface area contributed by atoms with Gasteiger partial charge in [-0.25, -0.2) is 0 Å². The fourth-order valence-corrected chi connectivity index (χ4v) is 3.62. The Morgan fingerprint density at radius 1 is 0.897 bits per heavy atom. The van der Waals surface area contributed by atoms with Crippen molar-refractivity contribution in [3.05, 3.63) is 58.6 Å². The van der Waals surface area contributed by atoms with Crippen LogP contribution in [-0.4, -0.2) is 55.1 Å². The third-order valence-corrected chi connectivity index (χ3v) is 5.26. The molecule has 5 nitrogen and oxygen atoms in total. The van der Waals surface area contributed by atoms with Crippen molar-refractivity contribution in [3.8, 4) is 11.5 Å². The van der Waals surface area contributed by atoms with Crippen molar-refractivity contribution in [3.63, 3.8) is 0 Å². The number of rotatable bonds is 8. The van der Waals surface area contributed by atoms with Crippen molar-refractivity contribution in [1.29, 1.82) is 0 Å². The van der Waals surface area contributed by atoms with E-state index in [9.17, 15) is 4.79 Å². The maximum atomic E-state index is 12.8. The van der Waals surface area contributed by atoms with Gasteiger partial charge < -0.3 is 14.4 Å². The number of piperazine rings is 1. The van der Waals surface area contributed by atoms with Crippen LogP contribution in [0.1, 0.15) is 25.0 Å². The maximum Gasteiger partial charge on any atom is 0.227 e. The number of halogens is 1. The molecule has 3 rings (SSSR count). The Labute approximate surface area is 178 Å². The van der Waals surface area contributed by atoms with Crippen LogP contribution in [0, 0.1) is 0 Å². The Morgan fingerprint density at radius 2 is 1.52 bits per heavy atom. The highest BCUT2D eigenvalue weighted by Gasteiger charge is 2.21. The normalized spacial score (nSPS) is 14.7. The van der Waals surface area contributed by atoms with E-state index in [-0.39, 0.29) is 5.91 Å². The molecule has 2 aromatic rings. The lowest BCUT2D eigenvalue weighted by molar-refractivity contribution is -0.132. The molecule has 0 atom stereocenters. The third-order valence-electron chi connectivity index (χ3n) is 5.01. The van der Waals surface area contributed by atoms with Crippen LogP contribution in [0.25, 0.3) is 0 Å².